The van der Waals surface area contributed by atoms with Crippen molar-refractivity contribution >= 4 is 21.4 Å². The van der Waals surface area contributed by atoms with E-state index >= 15 is 0 Å². The summed E-state index contributed by atoms with van der Waals surface area (Å²) in [5.74, 6) is 1.47. The fourth-order valence-electron chi connectivity index (χ4n) is 3.31. The smallest absolute Gasteiger partial charge is 0.245 e. The van der Waals surface area contributed by atoms with Crippen molar-refractivity contribution in [2.45, 2.75) is 32.4 Å². The lowest BCUT2D eigenvalue weighted by atomic mass is 10.1. The van der Waals surface area contributed by atoms with E-state index in [2.05, 4.69) is 5.32 Å². The molecule has 0 aliphatic carbocycles. The number of likely N-dealkylation sites (N-methyl/N-ethyl adjacent to an activating group) is 1. The Morgan fingerprint density at radius 1 is 1.32 bits per heavy atom. The molecular weight excluding hydrogens is 344 g/mol. The summed E-state index contributed by atoms with van der Waals surface area (Å²) in [5, 5.41) is 3.17. The molecule has 0 bridgehead atoms. The minimum absolute atomic E-state index is 0.0589. The number of fused-ring (bicyclic) bond motifs is 1. The van der Waals surface area contributed by atoms with Crippen LogP contribution in [0.5, 0.6) is 11.5 Å². The fraction of sp³-hybridized carbons (Fsp3) is 0.588. The second-order valence-corrected chi connectivity index (χ2v) is 8.63. The number of hydrogen-bond donors (Lipinski definition) is 1. The zero-order valence-corrected chi connectivity index (χ0v) is 15.3. The molecule has 25 heavy (non-hydrogen) atoms. The number of sulfone groups is 1. The predicted molar refractivity (Wildman–Crippen MR) is 95.0 cm³/mol. The van der Waals surface area contributed by atoms with Gasteiger partial charge in [-0.3, -0.25) is 4.79 Å². The molecule has 7 nitrogen and oxygen atoms in total. The lowest BCUT2D eigenvalue weighted by Crippen LogP contribution is -2.47. The number of rotatable bonds is 5. The molecule has 2 heterocycles. The van der Waals surface area contributed by atoms with E-state index in [1.807, 2.05) is 25.1 Å². The van der Waals surface area contributed by atoms with E-state index in [-0.39, 0.29) is 23.5 Å². The molecule has 0 spiro atoms. The van der Waals surface area contributed by atoms with Gasteiger partial charge in [-0.05, 0) is 32.4 Å². The molecule has 2 aliphatic heterocycles. The highest BCUT2D eigenvalue weighted by Gasteiger charge is 2.35. The predicted octanol–water partition coefficient (Wildman–Crippen LogP) is 1.29. The lowest BCUT2D eigenvalue weighted by Gasteiger charge is -2.30. The van der Waals surface area contributed by atoms with Crippen LogP contribution in [0.1, 0.15) is 20.3 Å². The summed E-state index contributed by atoms with van der Waals surface area (Å²) in [6, 6.07) is 4.77. The molecule has 2 atom stereocenters. The number of nitrogens with one attached hydrogen (secondary N) is 1. The molecule has 0 aromatic heterocycles. The number of carbonyl (C=O) groups is 1. The zero-order valence-electron chi connectivity index (χ0n) is 14.5. The van der Waals surface area contributed by atoms with E-state index in [0.29, 0.717) is 37.7 Å². The summed E-state index contributed by atoms with van der Waals surface area (Å²) in [6.45, 7) is 5.19. The van der Waals surface area contributed by atoms with Crippen molar-refractivity contribution in [3.63, 3.8) is 0 Å². The fourth-order valence-corrected chi connectivity index (χ4v) is 5.04. The number of hydrogen-bond acceptors (Lipinski definition) is 6. The van der Waals surface area contributed by atoms with Crippen molar-refractivity contribution in [1.29, 1.82) is 0 Å². The van der Waals surface area contributed by atoms with E-state index in [1.54, 1.807) is 11.8 Å². The average molecular weight is 368 g/mol. The zero-order chi connectivity index (χ0) is 18.0. The standard InChI is InChI=1S/C17H24N2O5S/c1-3-19(14-6-9-25(21,22)11-14)17(20)12(2)18-13-4-5-15-16(10-13)24-8-7-23-15/h4-5,10,12,14,18H,3,6-9,11H2,1-2H3/t12-,14-/m0/s1. The van der Waals surface area contributed by atoms with Crippen molar-refractivity contribution < 1.29 is 22.7 Å². The molecule has 1 N–H and O–H groups in total. The van der Waals surface area contributed by atoms with Gasteiger partial charge in [-0.25, -0.2) is 8.42 Å². The van der Waals surface area contributed by atoms with Crippen molar-refractivity contribution in [1.82, 2.24) is 4.90 Å². The van der Waals surface area contributed by atoms with E-state index in [1.165, 1.54) is 0 Å². The quantitative estimate of drug-likeness (QED) is 0.843. The number of amides is 1. The Kier molecular flexibility index (Phi) is 5.08. The van der Waals surface area contributed by atoms with Gasteiger partial charge in [-0.15, -0.1) is 0 Å². The maximum atomic E-state index is 12.8. The molecule has 1 aromatic rings. The van der Waals surface area contributed by atoms with Crippen molar-refractivity contribution in [3.8, 4) is 11.5 Å². The molecule has 1 amide bonds. The first-order valence-corrected chi connectivity index (χ1v) is 10.4. The van der Waals surface area contributed by atoms with E-state index in [0.717, 1.165) is 5.69 Å². The van der Waals surface area contributed by atoms with Gasteiger partial charge in [-0.2, -0.15) is 0 Å². The van der Waals surface area contributed by atoms with Crippen LogP contribution in [0.2, 0.25) is 0 Å². The van der Waals surface area contributed by atoms with Crippen LogP contribution in [0.25, 0.3) is 0 Å². The van der Waals surface area contributed by atoms with Gasteiger partial charge in [0.25, 0.3) is 0 Å². The van der Waals surface area contributed by atoms with Gasteiger partial charge in [0.1, 0.15) is 19.3 Å². The molecule has 0 radical (unpaired) electrons. The highest BCUT2D eigenvalue weighted by molar-refractivity contribution is 7.91. The Bertz CT molecular complexity index is 749. The van der Waals surface area contributed by atoms with Gasteiger partial charge in [-0.1, -0.05) is 0 Å². The average Bonchev–Trinajstić information content (AvgIpc) is 2.95. The maximum Gasteiger partial charge on any atom is 0.245 e. The summed E-state index contributed by atoms with van der Waals surface area (Å²) in [4.78, 5) is 14.4. The first kappa shape index (κ1) is 17.8. The third-order valence-corrected chi connectivity index (χ3v) is 6.32. The third kappa shape index (κ3) is 4.00. The number of ether oxygens (including phenoxy) is 2. The van der Waals surface area contributed by atoms with Crippen LogP contribution in [0.15, 0.2) is 18.2 Å². The van der Waals surface area contributed by atoms with Gasteiger partial charge in [0, 0.05) is 24.3 Å². The molecular formula is C17H24N2O5S. The molecule has 2 aliphatic rings. The van der Waals surface area contributed by atoms with Crippen molar-refractivity contribution in [2.24, 2.45) is 0 Å². The number of benzene rings is 1. The molecule has 0 unspecified atom stereocenters. The Morgan fingerprint density at radius 3 is 2.68 bits per heavy atom. The van der Waals surface area contributed by atoms with Crippen LogP contribution >= 0.6 is 0 Å². The SMILES string of the molecule is CCN(C(=O)[C@H](C)Nc1ccc2c(c1)OCCO2)[C@H]1CCS(=O)(=O)C1. The largest absolute Gasteiger partial charge is 0.486 e. The summed E-state index contributed by atoms with van der Waals surface area (Å²) < 4.78 is 34.4. The number of nitrogens with zero attached hydrogens (tertiary/aromatic N) is 1. The third-order valence-electron chi connectivity index (χ3n) is 4.57. The Balaban J connectivity index is 1.67. The second kappa shape index (κ2) is 7.11. The molecule has 1 fully saturated rings. The van der Waals surface area contributed by atoms with Crippen LogP contribution in [-0.2, 0) is 14.6 Å². The normalized spacial score (nSPS) is 22.2. The van der Waals surface area contributed by atoms with Gasteiger partial charge >= 0.3 is 0 Å². The highest BCUT2D eigenvalue weighted by Crippen LogP contribution is 2.32. The molecule has 1 saturated heterocycles. The van der Waals surface area contributed by atoms with Gasteiger partial charge in [0.15, 0.2) is 21.3 Å². The van der Waals surface area contributed by atoms with Gasteiger partial charge < -0.3 is 19.7 Å². The second-order valence-electron chi connectivity index (χ2n) is 6.41. The first-order valence-electron chi connectivity index (χ1n) is 8.56. The van der Waals surface area contributed by atoms with E-state index in [4.69, 9.17) is 9.47 Å². The minimum atomic E-state index is -3.02. The summed E-state index contributed by atoms with van der Waals surface area (Å²) in [6.07, 6.45) is 0.513. The monoisotopic (exact) mass is 368 g/mol. The van der Waals surface area contributed by atoms with Gasteiger partial charge in [0.2, 0.25) is 5.91 Å². The maximum absolute atomic E-state index is 12.8. The molecule has 8 heteroatoms. The number of anilines is 1. The lowest BCUT2D eigenvalue weighted by molar-refractivity contribution is -0.133. The van der Waals surface area contributed by atoms with Crippen LogP contribution in [0.4, 0.5) is 5.69 Å². The topological polar surface area (TPSA) is 84.9 Å². The van der Waals surface area contributed by atoms with Crippen LogP contribution in [0, 0.1) is 0 Å². The van der Waals surface area contributed by atoms with Crippen LogP contribution in [-0.4, -0.2) is 62.6 Å². The molecule has 3 rings (SSSR count). The molecule has 1 aromatic carbocycles. The Morgan fingerprint density at radius 2 is 2.04 bits per heavy atom. The van der Waals surface area contributed by atoms with Crippen LogP contribution < -0.4 is 14.8 Å². The summed E-state index contributed by atoms with van der Waals surface area (Å²) in [7, 11) is -3.02. The van der Waals surface area contributed by atoms with Crippen molar-refractivity contribution in [2.75, 3.05) is 36.6 Å². The first-order chi connectivity index (χ1) is 11.9. The summed E-state index contributed by atoms with van der Waals surface area (Å²) in [5.41, 5.74) is 0.764. The van der Waals surface area contributed by atoms with Crippen molar-refractivity contribution in [3.05, 3.63) is 18.2 Å². The molecule has 138 valence electrons. The Hall–Kier alpha value is -1.96. The van der Waals surface area contributed by atoms with Crippen LogP contribution in [0.3, 0.4) is 0 Å². The molecule has 0 saturated carbocycles. The highest BCUT2D eigenvalue weighted by atomic mass is 32.2. The number of carbonyl (C=O) groups excluding carboxylic acids is 1. The Labute approximate surface area is 148 Å². The van der Waals surface area contributed by atoms with E-state index < -0.39 is 15.9 Å². The van der Waals surface area contributed by atoms with Gasteiger partial charge in [0.05, 0.1) is 11.5 Å². The summed E-state index contributed by atoms with van der Waals surface area (Å²) >= 11 is 0. The minimum Gasteiger partial charge on any atom is -0.486 e. The van der Waals surface area contributed by atoms with E-state index in [9.17, 15) is 13.2 Å².